The van der Waals surface area contributed by atoms with Gasteiger partial charge in [-0.25, -0.2) is 0 Å². The first-order valence-corrected chi connectivity index (χ1v) is 10.1. The maximum Gasteiger partial charge on any atom is 0.253 e. The molecule has 0 N–H and O–H groups in total. The zero-order valence-corrected chi connectivity index (χ0v) is 16.6. The van der Waals surface area contributed by atoms with Crippen LogP contribution in [0.2, 0.25) is 0 Å². The third-order valence-corrected chi connectivity index (χ3v) is 4.74. The number of hydrogen-bond donors (Lipinski definition) is 0. The van der Waals surface area contributed by atoms with Gasteiger partial charge in [0.1, 0.15) is 19.0 Å². The van der Waals surface area contributed by atoms with Crippen LogP contribution in [0.3, 0.4) is 0 Å². The highest BCUT2D eigenvalue weighted by Gasteiger charge is 2.19. The van der Waals surface area contributed by atoms with Crippen LogP contribution in [-0.2, 0) is 0 Å². The van der Waals surface area contributed by atoms with Crippen molar-refractivity contribution in [1.82, 2.24) is 4.90 Å². The predicted molar refractivity (Wildman–Crippen MR) is 109 cm³/mol. The van der Waals surface area contributed by atoms with Gasteiger partial charge in [-0.2, -0.15) is 0 Å². The van der Waals surface area contributed by atoms with Crippen LogP contribution in [0.25, 0.3) is 0 Å². The number of carbonyl (C=O) groups excluding carboxylic acids is 1. The molecule has 1 fully saturated rings. The Morgan fingerprint density at radius 3 is 2.29 bits per heavy atom. The molecule has 5 nitrogen and oxygen atoms in total. The molecule has 1 aliphatic heterocycles. The molecule has 0 atom stereocenters. The van der Waals surface area contributed by atoms with Crippen LogP contribution < -0.4 is 14.2 Å². The molecule has 0 aliphatic carbocycles. The van der Waals surface area contributed by atoms with Crippen LogP contribution in [0, 0.1) is 0 Å². The summed E-state index contributed by atoms with van der Waals surface area (Å²) in [5.74, 6) is 2.12. The van der Waals surface area contributed by atoms with E-state index in [1.807, 2.05) is 54.3 Å². The Morgan fingerprint density at radius 2 is 1.57 bits per heavy atom. The second-order valence-corrected chi connectivity index (χ2v) is 6.81. The Kier molecular flexibility index (Phi) is 7.59. The van der Waals surface area contributed by atoms with E-state index in [4.69, 9.17) is 14.2 Å². The topological polar surface area (TPSA) is 48.0 Å². The first kappa shape index (κ1) is 20.1. The number of rotatable bonds is 8. The Balaban J connectivity index is 1.60. The van der Waals surface area contributed by atoms with E-state index < -0.39 is 0 Å². The lowest BCUT2D eigenvalue weighted by molar-refractivity contribution is 0.0761. The number of benzene rings is 2. The summed E-state index contributed by atoms with van der Waals surface area (Å²) in [6, 6.07) is 15.1. The predicted octanol–water partition coefficient (Wildman–Crippen LogP) is 4.56. The summed E-state index contributed by atoms with van der Waals surface area (Å²) in [4.78, 5) is 14.8. The van der Waals surface area contributed by atoms with Crippen molar-refractivity contribution in [2.24, 2.45) is 0 Å². The van der Waals surface area contributed by atoms with Gasteiger partial charge in [-0.15, -0.1) is 0 Å². The van der Waals surface area contributed by atoms with Gasteiger partial charge in [0.2, 0.25) is 0 Å². The van der Waals surface area contributed by atoms with Gasteiger partial charge in [-0.1, -0.05) is 31.0 Å². The van der Waals surface area contributed by atoms with Crippen LogP contribution in [-0.4, -0.2) is 43.7 Å². The average molecular weight is 383 g/mol. The number of carbonyl (C=O) groups is 1. The van der Waals surface area contributed by atoms with Crippen molar-refractivity contribution < 1.29 is 19.0 Å². The molecule has 2 aromatic rings. The van der Waals surface area contributed by atoms with E-state index in [0.717, 1.165) is 31.7 Å². The van der Waals surface area contributed by atoms with Crippen molar-refractivity contribution in [3.63, 3.8) is 0 Å². The quantitative estimate of drug-likeness (QED) is 0.627. The lowest BCUT2D eigenvalue weighted by atomic mass is 10.1. The third kappa shape index (κ3) is 5.65. The van der Waals surface area contributed by atoms with E-state index in [2.05, 4.69) is 0 Å². The summed E-state index contributed by atoms with van der Waals surface area (Å²) >= 11 is 0. The van der Waals surface area contributed by atoms with Crippen molar-refractivity contribution >= 4 is 5.91 Å². The van der Waals surface area contributed by atoms with Crippen LogP contribution in [0.1, 0.15) is 43.0 Å². The van der Waals surface area contributed by atoms with Crippen LogP contribution >= 0.6 is 0 Å². The lowest BCUT2D eigenvalue weighted by Crippen LogP contribution is -2.31. The summed E-state index contributed by atoms with van der Waals surface area (Å²) in [6.45, 7) is 4.93. The minimum absolute atomic E-state index is 0.0711. The van der Waals surface area contributed by atoms with Gasteiger partial charge in [0.15, 0.2) is 11.5 Å². The SMILES string of the molecule is CCOc1cc(C(=O)N2CCCCCC2)ccc1OCCOc1ccccc1. The Labute approximate surface area is 167 Å². The fourth-order valence-corrected chi connectivity index (χ4v) is 3.31. The van der Waals surface area contributed by atoms with Gasteiger partial charge >= 0.3 is 0 Å². The van der Waals surface area contributed by atoms with E-state index in [-0.39, 0.29) is 5.91 Å². The van der Waals surface area contributed by atoms with Gasteiger partial charge in [0.05, 0.1) is 6.61 Å². The molecule has 1 heterocycles. The number of para-hydroxylation sites is 1. The number of likely N-dealkylation sites (tertiary alicyclic amines) is 1. The molecule has 1 saturated heterocycles. The minimum atomic E-state index is 0.0711. The van der Waals surface area contributed by atoms with Crippen LogP contribution in [0.5, 0.6) is 17.2 Å². The van der Waals surface area contributed by atoms with Crippen molar-refractivity contribution in [3.8, 4) is 17.2 Å². The monoisotopic (exact) mass is 383 g/mol. The first-order valence-electron chi connectivity index (χ1n) is 10.1. The maximum atomic E-state index is 12.8. The normalized spacial score (nSPS) is 14.2. The maximum absolute atomic E-state index is 12.8. The Hall–Kier alpha value is -2.69. The van der Waals surface area contributed by atoms with Crippen molar-refractivity contribution in [2.75, 3.05) is 32.9 Å². The molecule has 0 bridgehead atoms. The molecule has 5 heteroatoms. The molecular weight excluding hydrogens is 354 g/mol. The first-order chi connectivity index (χ1) is 13.8. The molecular formula is C23H29NO4. The fourth-order valence-electron chi connectivity index (χ4n) is 3.31. The molecule has 0 unspecified atom stereocenters. The molecule has 0 spiro atoms. The molecule has 3 rings (SSSR count). The summed E-state index contributed by atoms with van der Waals surface area (Å²) in [7, 11) is 0. The summed E-state index contributed by atoms with van der Waals surface area (Å²) in [5.41, 5.74) is 0.651. The second kappa shape index (κ2) is 10.6. The second-order valence-electron chi connectivity index (χ2n) is 6.81. The zero-order valence-electron chi connectivity index (χ0n) is 16.6. The molecule has 0 aromatic heterocycles. The third-order valence-electron chi connectivity index (χ3n) is 4.74. The highest BCUT2D eigenvalue weighted by molar-refractivity contribution is 5.95. The molecule has 0 radical (unpaired) electrons. The smallest absolute Gasteiger partial charge is 0.253 e. The van der Waals surface area contributed by atoms with E-state index in [9.17, 15) is 4.79 Å². The van der Waals surface area contributed by atoms with Crippen LogP contribution in [0.15, 0.2) is 48.5 Å². The van der Waals surface area contributed by atoms with E-state index in [1.54, 1.807) is 6.07 Å². The van der Waals surface area contributed by atoms with E-state index in [1.165, 1.54) is 12.8 Å². The number of ether oxygens (including phenoxy) is 3. The lowest BCUT2D eigenvalue weighted by Gasteiger charge is -2.21. The van der Waals surface area contributed by atoms with Crippen molar-refractivity contribution in [3.05, 3.63) is 54.1 Å². The standard InChI is InChI=1S/C23H29NO4/c1-2-26-22-18-19(23(25)24-14-8-3-4-9-15-24)12-13-21(22)28-17-16-27-20-10-6-5-7-11-20/h5-7,10-13,18H,2-4,8-9,14-17H2,1H3. The molecule has 2 aromatic carbocycles. The number of amides is 1. The molecule has 1 amide bonds. The zero-order chi connectivity index (χ0) is 19.6. The number of hydrogen-bond acceptors (Lipinski definition) is 4. The van der Waals surface area contributed by atoms with Crippen LogP contribution in [0.4, 0.5) is 0 Å². The summed E-state index contributed by atoms with van der Waals surface area (Å²) < 4.78 is 17.2. The number of nitrogens with zero attached hydrogens (tertiary/aromatic N) is 1. The fraction of sp³-hybridized carbons (Fsp3) is 0.435. The van der Waals surface area contributed by atoms with Crippen molar-refractivity contribution in [1.29, 1.82) is 0 Å². The molecule has 1 aliphatic rings. The molecule has 150 valence electrons. The largest absolute Gasteiger partial charge is 0.490 e. The molecule has 0 saturated carbocycles. The minimum Gasteiger partial charge on any atom is -0.490 e. The Bertz CT molecular complexity index is 740. The average Bonchev–Trinajstić information content (AvgIpc) is 3.02. The highest BCUT2D eigenvalue weighted by Crippen LogP contribution is 2.29. The Morgan fingerprint density at radius 1 is 0.857 bits per heavy atom. The van der Waals surface area contributed by atoms with E-state index in [0.29, 0.717) is 36.9 Å². The van der Waals surface area contributed by atoms with E-state index >= 15 is 0 Å². The summed E-state index contributed by atoms with van der Waals surface area (Å²) in [5, 5.41) is 0. The highest BCUT2D eigenvalue weighted by atomic mass is 16.5. The summed E-state index contributed by atoms with van der Waals surface area (Å²) in [6.07, 6.45) is 4.55. The van der Waals surface area contributed by atoms with Crippen molar-refractivity contribution in [2.45, 2.75) is 32.6 Å². The van der Waals surface area contributed by atoms with Gasteiger partial charge in [0, 0.05) is 18.7 Å². The van der Waals surface area contributed by atoms with Gasteiger partial charge in [-0.05, 0) is 50.1 Å². The van der Waals surface area contributed by atoms with Gasteiger partial charge in [-0.3, -0.25) is 4.79 Å². The van der Waals surface area contributed by atoms with Gasteiger partial charge in [0.25, 0.3) is 5.91 Å². The van der Waals surface area contributed by atoms with Gasteiger partial charge < -0.3 is 19.1 Å². The molecule has 28 heavy (non-hydrogen) atoms.